The Kier molecular flexibility index (Phi) is 21.7. The van der Waals surface area contributed by atoms with Gasteiger partial charge in [-0.05, 0) is 39.0 Å². The largest absolute Gasteiger partial charge is 0.462 e. The van der Waals surface area contributed by atoms with Crippen LogP contribution in [0.25, 0.3) is 0 Å². The maximum Gasteiger partial charge on any atom is 0.309 e. The van der Waals surface area contributed by atoms with E-state index >= 15 is 0 Å². The molecule has 0 heterocycles. The number of aliphatic hydroxyl groups is 1. The Bertz CT molecular complexity index is 327. The lowest BCUT2D eigenvalue weighted by Crippen LogP contribution is -2.23. The summed E-state index contributed by atoms with van der Waals surface area (Å²) in [5, 5.41) is 8.85. The number of rotatable bonds is 22. The highest BCUT2D eigenvalue weighted by atomic mass is 16.5. The number of ether oxygens (including phenoxy) is 1. The van der Waals surface area contributed by atoms with Crippen LogP contribution in [0.5, 0.6) is 0 Å². The topological polar surface area (TPSA) is 46.5 Å². The van der Waals surface area contributed by atoms with E-state index < -0.39 is 0 Å². The molecular weight excluding hydrogens is 360 g/mol. The van der Waals surface area contributed by atoms with Gasteiger partial charge >= 0.3 is 5.97 Å². The second-order valence-corrected chi connectivity index (χ2v) is 8.98. The van der Waals surface area contributed by atoms with Crippen LogP contribution < -0.4 is 0 Å². The highest BCUT2D eigenvalue weighted by molar-refractivity contribution is 5.72. The molecule has 0 bridgehead atoms. The molecule has 0 fully saturated rings. The van der Waals surface area contributed by atoms with Gasteiger partial charge < -0.3 is 9.84 Å². The number of unbranched alkanes of at least 4 members (excludes halogenated alkanes) is 13. The molecule has 3 heteroatoms. The van der Waals surface area contributed by atoms with Gasteiger partial charge in [0.25, 0.3) is 0 Å². The van der Waals surface area contributed by atoms with Gasteiger partial charge in [-0.3, -0.25) is 4.79 Å². The molecule has 0 aromatic heterocycles. The van der Waals surface area contributed by atoms with Crippen LogP contribution in [0, 0.1) is 5.92 Å². The molecular formula is C26H52O3. The predicted octanol–water partition coefficient (Wildman–Crippen LogP) is 7.98. The molecule has 1 unspecified atom stereocenters. The normalized spacial score (nSPS) is 12.4. The van der Waals surface area contributed by atoms with E-state index in [1.807, 2.05) is 6.92 Å². The van der Waals surface area contributed by atoms with Gasteiger partial charge in [-0.1, -0.05) is 104 Å². The molecule has 0 radical (unpaired) electrons. The van der Waals surface area contributed by atoms with Crippen molar-refractivity contribution in [1.82, 2.24) is 0 Å². The molecule has 0 aliphatic carbocycles. The van der Waals surface area contributed by atoms with Crippen LogP contribution in [0.1, 0.15) is 143 Å². The third-order valence-electron chi connectivity index (χ3n) is 5.98. The SMILES string of the molecule is CCCCCCCCC(CCCCCCCC)C(=O)OC(C)CCCCCCO. The van der Waals surface area contributed by atoms with E-state index in [0.717, 1.165) is 57.8 Å². The van der Waals surface area contributed by atoms with Crippen molar-refractivity contribution in [1.29, 1.82) is 0 Å². The van der Waals surface area contributed by atoms with Crippen molar-refractivity contribution < 1.29 is 14.6 Å². The summed E-state index contributed by atoms with van der Waals surface area (Å²) in [5.41, 5.74) is 0. The van der Waals surface area contributed by atoms with Gasteiger partial charge in [0.05, 0.1) is 12.0 Å². The minimum absolute atomic E-state index is 0.0215. The predicted molar refractivity (Wildman–Crippen MR) is 125 cm³/mol. The van der Waals surface area contributed by atoms with Crippen molar-refractivity contribution in [3.8, 4) is 0 Å². The smallest absolute Gasteiger partial charge is 0.309 e. The van der Waals surface area contributed by atoms with Crippen LogP contribution in [-0.2, 0) is 9.53 Å². The summed E-state index contributed by atoms with van der Waals surface area (Å²) in [6.45, 7) is 6.82. The summed E-state index contributed by atoms with van der Waals surface area (Å²) in [5.74, 6) is 0.152. The van der Waals surface area contributed by atoms with E-state index in [0.29, 0.717) is 0 Å². The summed E-state index contributed by atoms with van der Waals surface area (Å²) >= 11 is 0. The van der Waals surface area contributed by atoms with Crippen molar-refractivity contribution in [3.05, 3.63) is 0 Å². The molecule has 0 saturated carbocycles. The standard InChI is InChI=1S/C26H52O3/c1-4-6-8-10-12-17-21-25(22-18-13-11-9-7-5-2)26(28)29-24(3)20-16-14-15-19-23-27/h24-25,27H,4-23H2,1-3H3. The molecule has 1 atom stereocenters. The fraction of sp³-hybridized carbons (Fsp3) is 0.962. The molecule has 29 heavy (non-hydrogen) atoms. The fourth-order valence-electron chi connectivity index (χ4n) is 3.97. The second-order valence-electron chi connectivity index (χ2n) is 8.98. The van der Waals surface area contributed by atoms with Crippen LogP contribution >= 0.6 is 0 Å². The molecule has 1 N–H and O–H groups in total. The summed E-state index contributed by atoms with van der Waals surface area (Å²) in [6.07, 6.45) is 22.4. The maximum atomic E-state index is 12.8. The highest BCUT2D eigenvalue weighted by Crippen LogP contribution is 2.22. The highest BCUT2D eigenvalue weighted by Gasteiger charge is 2.21. The van der Waals surface area contributed by atoms with Crippen molar-refractivity contribution in [3.63, 3.8) is 0 Å². The summed E-state index contributed by atoms with van der Waals surface area (Å²) < 4.78 is 5.82. The lowest BCUT2D eigenvalue weighted by molar-refractivity contribution is -0.154. The monoisotopic (exact) mass is 412 g/mol. The third kappa shape index (κ3) is 19.2. The first-order valence-corrected chi connectivity index (χ1v) is 13.0. The van der Waals surface area contributed by atoms with Gasteiger partial charge in [-0.25, -0.2) is 0 Å². The number of carbonyl (C=O) groups is 1. The Morgan fingerprint density at radius 2 is 1.07 bits per heavy atom. The lowest BCUT2D eigenvalue weighted by Gasteiger charge is -2.20. The van der Waals surface area contributed by atoms with Gasteiger partial charge in [0.2, 0.25) is 0 Å². The zero-order valence-electron chi connectivity index (χ0n) is 20.1. The van der Waals surface area contributed by atoms with Gasteiger partial charge in [0.15, 0.2) is 0 Å². The van der Waals surface area contributed by atoms with Crippen molar-refractivity contribution >= 4 is 5.97 Å². The molecule has 174 valence electrons. The van der Waals surface area contributed by atoms with Crippen molar-refractivity contribution in [2.45, 2.75) is 149 Å². The van der Waals surface area contributed by atoms with Crippen molar-refractivity contribution in [2.24, 2.45) is 5.92 Å². The van der Waals surface area contributed by atoms with Gasteiger partial charge in [0, 0.05) is 6.61 Å². The van der Waals surface area contributed by atoms with Gasteiger partial charge in [-0.2, -0.15) is 0 Å². The average Bonchev–Trinajstić information content (AvgIpc) is 2.71. The van der Waals surface area contributed by atoms with Gasteiger partial charge in [0.1, 0.15) is 0 Å². The Labute approximate surface area is 182 Å². The van der Waals surface area contributed by atoms with E-state index in [1.54, 1.807) is 0 Å². The van der Waals surface area contributed by atoms with E-state index in [1.165, 1.54) is 64.2 Å². The van der Waals surface area contributed by atoms with Crippen LogP contribution in [0.3, 0.4) is 0 Å². The first-order valence-electron chi connectivity index (χ1n) is 13.0. The van der Waals surface area contributed by atoms with Crippen LogP contribution in [0.2, 0.25) is 0 Å². The Morgan fingerprint density at radius 3 is 1.55 bits per heavy atom. The molecule has 0 aromatic carbocycles. The summed E-state index contributed by atoms with van der Waals surface area (Å²) in [6, 6.07) is 0. The van der Waals surface area contributed by atoms with E-state index in [9.17, 15) is 4.79 Å². The molecule has 0 aromatic rings. The molecule has 0 spiro atoms. The number of carbonyl (C=O) groups excluding carboxylic acids is 1. The van der Waals surface area contributed by atoms with Gasteiger partial charge in [-0.15, -0.1) is 0 Å². The fourth-order valence-corrected chi connectivity index (χ4v) is 3.97. The average molecular weight is 413 g/mol. The van der Waals surface area contributed by atoms with Crippen LogP contribution in [0.4, 0.5) is 0 Å². The quantitative estimate of drug-likeness (QED) is 0.145. The molecule has 0 saturated heterocycles. The zero-order chi connectivity index (χ0) is 21.6. The maximum absolute atomic E-state index is 12.8. The Hall–Kier alpha value is -0.570. The Balaban J connectivity index is 4.20. The Morgan fingerprint density at radius 1 is 0.655 bits per heavy atom. The third-order valence-corrected chi connectivity index (χ3v) is 5.98. The molecule has 0 aliphatic heterocycles. The minimum Gasteiger partial charge on any atom is -0.462 e. The van der Waals surface area contributed by atoms with Crippen LogP contribution in [0.15, 0.2) is 0 Å². The summed E-state index contributed by atoms with van der Waals surface area (Å²) in [7, 11) is 0. The van der Waals surface area contributed by atoms with Crippen LogP contribution in [-0.4, -0.2) is 23.8 Å². The number of hydrogen-bond donors (Lipinski definition) is 1. The molecule has 0 amide bonds. The number of esters is 1. The number of aliphatic hydroxyl groups excluding tert-OH is 1. The first-order chi connectivity index (χ1) is 14.2. The van der Waals surface area contributed by atoms with E-state index in [-0.39, 0.29) is 24.6 Å². The first kappa shape index (κ1) is 28.4. The second kappa shape index (κ2) is 22.1. The van der Waals surface area contributed by atoms with E-state index in [4.69, 9.17) is 9.84 Å². The van der Waals surface area contributed by atoms with Crippen molar-refractivity contribution in [2.75, 3.05) is 6.61 Å². The minimum atomic E-state index is 0.0215. The lowest BCUT2D eigenvalue weighted by atomic mass is 9.94. The molecule has 0 rings (SSSR count). The summed E-state index contributed by atoms with van der Waals surface area (Å²) in [4.78, 5) is 12.8. The number of hydrogen-bond acceptors (Lipinski definition) is 3. The molecule has 3 nitrogen and oxygen atoms in total. The molecule has 0 aliphatic rings. The van der Waals surface area contributed by atoms with E-state index in [2.05, 4.69) is 13.8 Å². The zero-order valence-corrected chi connectivity index (χ0v) is 20.1.